The van der Waals surface area contributed by atoms with Gasteiger partial charge in [-0.2, -0.15) is 5.10 Å². The molecule has 7 heteroatoms. The molecule has 1 atom stereocenters. The lowest BCUT2D eigenvalue weighted by Gasteiger charge is -2.31. The van der Waals surface area contributed by atoms with Gasteiger partial charge < -0.3 is 9.47 Å². The number of likely N-dealkylation sites (tertiary alicyclic amines) is 1. The maximum Gasteiger partial charge on any atom is 0.231 e. The van der Waals surface area contributed by atoms with Gasteiger partial charge in [0.05, 0.1) is 0 Å². The van der Waals surface area contributed by atoms with Crippen LogP contribution in [0, 0.1) is 0 Å². The van der Waals surface area contributed by atoms with Gasteiger partial charge in [-0.05, 0) is 66.9 Å². The third-order valence-electron chi connectivity index (χ3n) is 6.07. The Morgan fingerprint density at radius 3 is 2.81 bits per heavy atom. The first-order valence-corrected chi connectivity index (χ1v) is 10.7. The SMILES string of the molecule is c1cc(-c2ccc3nc(C4CCCN(Cc5ccc6c(c5)OCO6)C4)nn3c2)ccn1. The molecule has 1 aromatic carbocycles. The van der Waals surface area contributed by atoms with Crippen molar-refractivity contribution in [2.45, 2.75) is 25.3 Å². The van der Waals surface area contributed by atoms with Gasteiger partial charge in [0.25, 0.3) is 0 Å². The highest BCUT2D eigenvalue weighted by molar-refractivity contribution is 5.63. The zero-order valence-corrected chi connectivity index (χ0v) is 17.1. The molecule has 1 unspecified atom stereocenters. The van der Waals surface area contributed by atoms with Gasteiger partial charge in [-0.3, -0.25) is 9.88 Å². The minimum atomic E-state index is 0.313. The van der Waals surface area contributed by atoms with Crippen molar-refractivity contribution in [1.29, 1.82) is 0 Å². The topological polar surface area (TPSA) is 64.8 Å². The fourth-order valence-electron chi connectivity index (χ4n) is 4.50. The minimum Gasteiger partial charge on any atom is -0.454 e. The molecule has 1 saturated heterocycles. The molecule has 31 heavy (non-hydrogen) atoms. The van der Waals surface area contributed by atoms with E-state index in [0.29, 0.717) is 12.7 Å². The number of rotatable bonds is 4. The van der Waals surface area contributed by atoms with Crippen molar-refractivity contribution in [3.8, 4) is 22.6 Å². The van der Waals surface area contributed by atoms with Crippen LogP contribution < -0.4 is 9.47 Å². The first-order chi connectivity index (χ1) is 15.3. The van der Waals surface area contributed by atoms with E-state index in [1.54, 1.807) is 0 Å². The number of hydrogen-bond acceptors (Lipinski definition) is 6. The standard InChI is InChI=1S/C24H23N5O2/c1-2-20(14-28(11-1)13-17-3-5-21-22(12-17)31-16-30-21)24-26-23-6-4-19(15-29(23)27-24)18-7-9-25-10-8-18/h3-10,12,15,20H,1-2,11,13-14,16H2. The number of ether oxygens (including phenoxy) is 2. The Labute approximate surface area is 180 Å². The van der Waals surface area contributed by atoms with Crippen molar-refractivity contribution in [2.75, 3.05) is 19.9 Å². The zero-order chi connectivity index (χ0) is 20.6. The van der Waals surface area contributed by atoms with Crippen LogP contribution in [0.25, 0.3) is 16.8 Å². The van der Waals surface area contributed by atoms with Gasteiger partial charge in [-0.1, -0.05) is 6.07 Å². The lowest BCUT2D eigenvalue weighted by atomic mass is 9.97. The van der Waals surface area contributed by atoms with Gasteiger partial charge in [-0.15, -0.1) is 0 Å². The van der Waals surface area contributed by atoms with Crippen molar-refractivity contribution < 1.29 is 9.47 Å². The lowest BCUT2D eigenvalue weighted by molar-refractivity contribution is 0.173. The summed E-state index contributed by atoms with van der Waals surface area (Å²) in [6.45, 7) is 3.26. The summed E-state index contributed by atoms with van der Waals surface area (Å²) in [5, 5.41) is 4.84. The molecule has 0 aliphatic carbocycles. The molecule has 0 bridgehead atoms. The summed E-state index contributed by atoms with van der Waals surface area (Å²) in [5.41, 5.74) is 4.37. The Morgan fingerprint density at radius 2 is 1.87 bits per heavy atom. The van der Waals surface area contributed by atoms with Gasteiger partial charge >= 0.3 is 0 Å². The quantitative estimate of drug-likeness (QED) is 0.506. The summed E-state index contributed by atoms with van der Waals surface area (Å²) in [6, 6.07) is 14.4. The van der Waals surface area contributed by atoms with E-state index in [9.17, 15) is 0 Å². The van der Waals surface area contributed by atoms with Gasteiger partial charge in [0.15, 0.2) is 23.0 Å². The van der Waals surface area contributed by atoms with Crippen molar-refractivity contribution in [2.24, 2.45) is 0 Å². The zero-order valence-electron chi connectivity index (χ0n) is 17.1. The fraction of sp³-hybridized carbons (Fsp3) is 0.292. The number of hydrogen-bond donors (Lipinski definition) is 0. The molecule has 0 saturated carbocycles. The lowest BCUT2D eigenvalue weighted by Crippen LogP contribution is -2.34. The molecule has 1 fully saturated rings. The molecule has 6 rings (SSSR count). The molecule has 0 N–H and O–H groups in total. The highest BCUT2D eigenvalue weighted by Crippen LogP contribution is 2.33. The molecular weight excluding hydrogens is 390 g/mol. The smallest absolute Gasteiger partial charge is 0.231 e. The summed E-state index contributed by atoms with van der Waals surface area (Å²) < 4.78 is 12.9. The van der Waals surface area contributed by atoms with E-state index >= 15 is 0 Å². The highest BCUT2D eigenvalue weighted by atomic mass is 16.7. The van der Waals surface area contributed by atoms with E-state index in [0.717, 1.165) is 66.6 Å². The second-order valence-corrected chi connectivity index (χ2v) is 8.19. The number of nitrogens with zero attached hydrogens (tertiary/aromatic N) is 5. The minimum absolute atomic E-state index is 0.313. The maximum atomic E-state index is 5.53. The average molecular weight is 413 g/mol. The maximum absolute atomic E-state index is 5.53. The Kier molecular flexibility index (Phi) is 4.53. The first-order valence-electron chi connectivity index (χ1n) is 10.7. The normalized spacial score (nSPS) is 18.5. The summed E-state index contributed by atoms with van der Waals surface area (Å²) >= 11 is 0. The van der Waals surface area contributed by atoms with Crippen LogP contribution in [0.1, 0.15) is 30.1 Å². The molecule has 0 spiro atoms. The molecule has 2 aliphatic rings. The van der Waals surface area contributed by atoms with E-state index in [2.05, 4.69) is 28.1 Å². The molecule has 2 aliphatic heterocycles. The van der Waals surface area contributed by atoms with Gasteiger partial charge in [0.1, 0.15) is 0 Å². The summed E-state index contributed by atoms with van der Waals surface area (Å²) in [4.78, 5) is 11.4. The number of benzene rings is 1. The van der Waals surface area contributed by atoms with Gasteiger partial charge in [0.2, 0.25) is 6.79 Å². The van der Waals surface area contributed by atoms with Crippen LogP contribution in [0.5, 0.6) is 11.5 Å². The number of piperidine rings is 1. The average Bonchev–Trinajstić information content (AvgIpc) is 3.46. The largest absolute Gasteiger partial charge is 0.454 e. The van der Waals surface area contributed by atoms with Crippen molar-refractivity contribution >= 4 is 5.65 Å². The molecule has 0 amide bonds. The van der Waals surface area contributed by atoms with Gasteiger partial charge in [0, 0.05) is 43.2 Å². The first kappa shape index (κ1) is 18.3. The number of aromatic nitrogens is 4. The van der Waals surface area contributed by atoms with E-state index in [1.807, 2.05) is 47.4 Å². The Morgan fingerprint density at radius 1 is 0.968 bits per heavy atom. The van der Waals surface area contributed by atoms with E-state index in [4.69, 9.17) is 19.6 Å². The van der Waals surface area contributed by atoms with Crippen LogP contribution in [0.4, 0.5) is 0 Å². The van der Waals surface area contributed by atoms with Crippen LogP contribution in [-0.2, 0) is 6.54 Å². The monoisotopic (exact) mass is 413 g/mol. The van der Waals surface area contributed by atoms with Crippen LogP contribution >= 0.6 is 0 Å². The summed E-state index contributed by atoms with van der Waals surface area (Å²) in [7, 11) is 0. The Bertz CT molecular complexity index is 1220. The Hall–Kier alpha value is -3.45. The predicted octanol–water partition coefficient (Wildman–Crippen LogP) is 3.90. The van der Waals surface area contributed by atoms with Crippen molar-refractivity contribution in [3.63, 3.8) is 0 Å². The van der Waals surface area contributed by atoms with Crippen molar-refractivity contribution in [1.82, 2.24) is 24.5 Å². The molecule has 7 nitrogen and oxygen atoms in total. The fourth-order valence-corrected chi connectivity index (χ4v) is 4.50. The molecule has 3 aromatic heterocycles. The molecular formula is C24H23N5O2. The van der Waals surface area contributed by atoms with Crippen LogP contribution in [0.15, 0.2) is 61.1 Å². The van der Waals surface area contributed by atoms with E-state index < -0.39 is 0 Å². The third-order valence-corrected chi connectivity index (χ3v) is 6.07. The van der Waals surface area contributed by atoms with Crippen molar-refractivity contribution in [3.05, 3.63) is 72.4 Å². The van der Waals surface area contributed by atoms with E-state index in [-0.39, 0.29) is 0 Å². The van der Waals surface area contributed by atoms with Crippen LogP contribution in [-0.4, -0.2) is 44.4 Å². The number of pyridine rings is 2. The predicted molar refractivity (Wildman–Crippen MR) is 116 cm³/mol. The summed E-state index contributed by atoms with van der Waals surface area (Å²) in [5.74, 6) is 2.95. The molecule has 5 heterocycles. The number of fused-ring (bicyclic) bond motifs is 2. The second-order valence-electron chi connectivity index (χ2n) is 8.19. The third kappa shape index (κ3) is 3.61. The van der Waals surface area contributed by atoms with E-state index in [1.165, 1.54) is 5.56 Å². The Balaban J connectivity index is 1.20. The highest BCUT2D eigenvalue weighted by Gasteiger charge is 2.25. The molecule has 0 radical (unpaired) electrons. The summed E-state index contributed by atoms with van der Waals surface area (Å²) in [6.07, 6.45) is 7.93. The van der Waals surface area contributed by atoms with Crippen LogP contribution in [0.3, 0.4) is 0 Å². The molecule has 156 valence electrons. The van der Waals surface area contributed by atoms with Gasteiger partial charge in [-0.25, -0.2) is 9.50 Å². The second kappa shape index (κ2) is 7.67. The molecule has 4 aromatic rings. The van der Waals surface area contributed by atoms with Crippen LogP contribution in [0.2, 0.25) is 0 Å².